The van der Waals surface area contributed by atoms with E-state index in [9.17, 15) is 24.1 Å². The van der Waals surface area contributed by atoms with Gasteiger partial charge in [-0.1, -0.05) is 23.4 Å². The highest BCUT2D eigenvalue weighted by Crippen LogP contribution is 2.49. The number of benzene rings is 1. The summed E-state index contributed by atoms with van der Waals surface area (Å²) in [6, 6.07) is 5.17. The number of aliphatic hydroxyl groups is 1. The monoisotopic (exact) mass is 443 g/mol. The Labute approximate surface area is 179 Å². The van der Waals surface area contributed by atoms with Crippen LogP contribution >= 0.6 is 11.0 Å². The van der Waals surface area contributed by atoms with Crippen molar-refractivity contribution < 1.29 is 29.0 Å². The first-order valence-corrected chi connectivity index (χ1v) is 11.8. The third kappa shape index (κ3) is 5.37. The number of nitrogens with one attached hydrogen (secondary N) is 1. The highest BCUT2D eigenvalue weighted by atomic mass is 32.3. The molecule has 0 amide bonds. The van der Waals surface area contributed by atoms with Crippen LogP contribution < -0.4 is 9.03 Å². The smallest absolute Gasteiger partial charge is 0.330 e. The van der Waals surface area contributed by atoms with E-state index in [-0.39, 0.29) is 30.0 Å². The molecule has 0 radical (unpaired) electrons. The number of β-amino-alcohol motifs (C(OH)–C–C–N with tert-alkyl or cyclic N) is 1. The van der Waals surface area contributed by atoms with Crippen molar-refractivity contribution in [3.8, 4) is 5.75 Å². The van der Waals surface area contributed by atoms with Crippen molar-refractivity contribution in [3.05, 3.63) is 23.8 Å². The standard InChI is InChI=1S/C20H33N3O6S/c1-20(2,3)19(26)29-22-11-5-4-6-15(22)9-7-14-8-10-16(17(24)12-14)23-13-18(25)21-30(23,27)28/h8,10,12,15,18,21,24-25,27-28H,4-7,9,11,13H2,1-3H3. The number of aliphatic hydroxyl groups excluding tert-OH is 1. The average molecular weight is 444 g/mol. The van der Waals surface area contributed by atoms with Gasteiger partial charge in [0.2, 0.25) is 0 Å². The van der Waals surface area contributed by atoms with Gasteiger partial charge in [-0.05, 0) is 64.2 Å². The molecule has 2 heterocycles. The zero-order valence-corrected chi connectivity index (χ0v) is 18.6. The number of nitrogens with zero attached hydrogens (tertiary/aromatic N) is 2. The van der Waals surface area contributed by atoms with E-state index in [1.165, 1.54) is 4.31 Å². The molecule has 5 N–H and O–H groups in total. The number of aromatic hydroxyl groups is 1. The number of carbonyl (C=O) groups is 1. The zero-order chi connectivity index (χ0) is 22.1. The summed E-state index contributed by atoms with van der Waals surface area (Å²) < 4.78 is 23.6. The molecule has 2 fully saturated rings. The van der Waals surface area contributed by atoms with E-state index in [2.05, 4.69) is 4.72 Å². The Bertz CT molecular complexity index is 769. The van der Waals surface area contributed by atoms with Gasteiger partial charge in [-0.15, -0.1) is 5.06 Å². The number of carbonyl (C=O) groups excluding carboxylic acids is 1. The SMILES string of the molecule is CC(C)(C)C(=O)ON1CCCCC1CCc1ccc(N2CC(O)NS2(O)O)c(O)c1. The Morgan fingerprint density at radius 2 is 2.03 bits per heavy atom. The lowest BCUT2D eigenvalue weighted by Crippen LogP contribution is -2.43. The second-order valence-electron chi connectivity index (χ2n) is 8.99. The van der Waals surface area contributed by atoms with Gasteiger partial charge >= 0.3 is 5.97 Å². The van der Waals surface area contributed by atoms with Crippen LogP contribution in [0.3, 0.4) is 0 Å². The first kappa shape index (κ1) is 23.1. The Morgan fingerprint density at radius 3 is 2.63 bits per heavy atom. The predicted octanol–water partition coefficient (Wildman–Crippen LogP) is 2.99. The molecule has 0 spiro atoms. The van der Waals surface area contributed by atoms with Crippen LogP contribution in [0.1, 0.15) is 52.0 Å². The highest BCUT2D eigenvalue weighted by Gasteiger charge is 2.36. The number of hydrogen-bond acceptors (Lipinski definition) is 9. The Balaban J connectivity index is 1.63. The molecule has 3 rings (SSSR count). The summed E-state index contributed by atoms with van der Waals surface area (Å²) in [5.41, 5.74) is 0.590. The minimum absolute atomic E-state index is 0.0363. The van der Waals surface area contributed by atoms with Crippen molar-refractivity contribution in [2.75, 3.05) is 17.4 Å². The largest absolute Gasteiger partial charge is 0.506 e. The molecule has 170 valence electrons. The van der Waals surface area contributed by atoms with Crippen molar-refractivity contribution in [2.45, 2.75) is 65.1 Å². The minimum Gasteiger partial charge on any atom is -0.506 e. The second kappa shape index (κ2) is 8.89. The Hall–Kier alpha value is -1.56. The number of anilines is 1. The minimum atomic E-state index is -3.37. The van der Waals surface area contributed by atoms with Crippen LogP contribution in [0.15, 0.2) is 18.2 Å². The fraction of sp³-hybridized carbons (Fsp3) is 0.650. The number of hydrogen-bond donors (Lipinski definition) is 5. The number of piperidine rings is 1. The molecule has 2 aliphatic rings. The van der Waals surface area contributed by atoms with Crippen molar-refractivity contribution in [1.29, 1.82) is 0 Å². The Kier molecular flexibility index (Phi) is 6.85. The first-order chi connectivity index (χ1) is 14.0. The highest BCUT2D eigenvalue weighted by molar-refractivity contribution is 8.24. The maximum atomic E-state index is 12.3. The molecule has 1 aromatic carbocycles. The summed E-state index contributed by atoms with van der Waals surface area (Å²) in [4.78, 5) is 17.9. The average Bonchev–Trinajstić information content (AvgIpc) is 2.92. The van der Waals surface area contributed by atoms with Crippen LogP contribution in [0.4, 0.5) is 5.69 Å². The van der Waals surface area contributed by atoms with Crippen molar-refractivity contribution in [2.24, 2.45) is 5.41 Å². The molecular formula is C20H33N3O6S. The molecule has 10 heteroatoms. The van der Waals surface area contributed by atoms with Crippen LogP contribution in [-0.2, 0) is 16.1 Å². The van der Waals surface area contributed by atoms with Crippen LogP contribution in [0.5, 0.6) is 5.75 Å². The maximum absolute atomic E-state index is 12.3. The molecule has 0 aliphatic carbocycles. The third-order valence-corrected chi connectivity index (χ3v) is 6.95. The summed E-state index contributed by atoms with van der Waals surface area (Å²) >= 11 is 0. The maximum Gasteiger partial charge on any atom is 0.330 e. The molecule has 0 aromatic heterocycles. The topological polar surface area (TPSA) is 126 Å². The van der Waals surface area contributed by atoms with Gasteiger partial charge in [0.05, 0.1) is 12.0 Å². The van der Waals surface area contributed by atoms with Crippen molar-refractivity contribution >= 4 is 22.6 Å². The van der Waals surface area contributed by atoms with E-state index < -0.39 is 22.6 Å². The molecule has 2 aliphatic heterocycles. The van der Waals surface area contributed by atoms with Crippen LogP contribution in [0.25, 0.3) is 0 Å². The van der Waals surface area contributed by atoms with Gasteiger partial charge in [-0.25, -0.2) is 4.79 Å². The van der Waals surface area contributed by atoms with Crippen LogP contribution in [0.2, 0.25) is 0 Å². The van der Waals surface area contributed by atoms with Crippen molar-refractivity contribution in [1.82, 2.24) is 9.79 Å². The van der Waals surface area contributed by atoms with E-state index in [1.807, 2.05) is 26.8 Å². The van der Waals surface area contributed by atoms with E-state index in [4.69, 9.17) is 4.84 Å². The van der Waals surface area contributed by atoms with E-state index in [0.717, 1.165) is 37.8 Å². The predicted molar refractivity (Wildman–Crippen MR) is 116 cm³/mol. The number of rotatable bonds is 5. The van der Waals surface area contributed by atoms with Gasteiger partial charge in [0.15, 0.2) is 0 Å². The molecule has 2 saturated heterocycles. The fourth-order valence-electron chi connectivity index (χ4n) is 3.67. The lowest BCUT2D eigenvalue weighted by molar-refractivity contribution is -0.217. The molecular weight excluding hydrogens is 410 g/mol. The molecule has 30 heavy (non-hydrogen) atoms. The van der Waals surface area contributed by atoms with Gasteiger partial charge in [0.1, 0.15) is 17.7 Å². The second-order valence-corrected chi connectivity index (χ2v) is 10.7. The summed E-state index contributed by atoms with van der Waals surface area (Å²) in [6.45, 7) is 6.19. The number of phenols is 1. The zero-order valence-electron chi connectivity index (χ0n) is 17.7. The van der Waals surface area contributed by atoms with Gasteiger partial charge < -0.3 is 15.1 Å². The fourth-order valence-corrected chi connectivity index (χ4v) is 5.02. The van der Waals surface area contributed by atoms with E-state index in [0.29, 0.717) is 6.42 Å². The van der Waals surface area contributed by atoms with Crippen molar-refractivity contribution in [3.63, 3.8) is 0 Å². The van der Waals surface area contributed by atoms with Crippen LogP contribution in [0, 0.1) is 5.41 Å². The van der Waals surface area contributed by atoms with E-state index >= 15 is 0 Å². The van der Waals surface area contributed by atoms with Gasteiger partial charge in [-0.2, -0.15) is 4.72 Å². The van der Waals surface area contributed by atoms with Crippen LogP contribution in [-0.4, -0.2) is 55.7 Å². The number of hydroxylamine groups is 2. The summed E-state index contributed by atoms with van der Waals surface area (Å²) in [7, 11) is -3.37. The molecule has 2 atom stereocenters. The lowest BCUT2D eigenvalue weighted by atomic mass is 9.96. The number of aryl methyl sites for hydroxylation is 1. The number of phenolic OH excluding ortho intramolecular Hbond substituents is 1. The quantitative estimate of drug-likeness (QED) is 0.467. The van der Waals surface area contributed by atoms with E-state index in [1.54, 1.807) is 17.2 Å². The summed E-state index contributed by atoms with van der Waals surface area (Å²) in [5.74, 6) is -0.320. The molecule has 9 nitrogen and oxygen atoms in total. The molecule has 2 unspecified atom stereocenters. The first-order valence-electron chi connectivity index (χ1n) is 10.3. The van der Waals surface area contributed by atoms with Gasteiger partial charge in [0, 0.05) is 12.6 Å². The Morgan fingerprint density at radius 1 is 1.30 bits per heavy atom. The van der Waals surface area contributed by atoms with Gasteiger partial charge in [-0.3, -0.25) is 13.4 Å². The summed E-state index contributed by atoms with van der Waals surface area (Å²) in [5, 5.41) is 21.9. The lowest BCUT2D eigenvalue weighted by Gasteiger charge is -2.37. The van der Waals surface area contributed by atoms with Gasteiger partial charge in [0.25, 0.3) is 0 Å². The molecule has 1 aromatic rings. The normalized spacial score (nSPS) is 25.9. The third-order valence-electron chi connectivity index (χ3n) is 5.40. The molecule has 0 saturated carbocycles. The molecule has 0 bridgehead atoms. The summed E-state index contributed by atoms with van der Waals surface area (Å²) in [6.07, 6.45) is 3.39.